The van der Waals surface area contributed by atoms with Crippen LogP contribution in [0.3, 0.4) is 0 Å². The fourth-order valence-corrected chi connectivity index (χ4v) is 4.63. The Morgan fingerprint density at radius 2 is 1.69 bits per heavy atom. The number of rotatable bonds is 6. The summed E-state index contributed by atoms with van der Waals surface area (Å²) in [5, 5.41) is 2.97. The van der Waals surface area contributed by atoms with Gasteiger partial charge in [0, 0.05) is 45.8 Å². The number of carbonyl (C=O) groups is 2. The molecule has 1 aliphatic carbocycles. The second-order valence-corrected chi connectivity index (χ2v) is 8.80. The van der Waals surface area contributed by atoms with Gasteiger partial charge in [0.05, 0.1) is 6.04 Å². The third-order valence-corrected chi connectivity index (χ3v) is 6.15. The minimum absolute atomic E-state index is 0.00425. The fourth-order valence-electron chi connectivity index (χ4n) is 4.63. The van der Waals surface area contributed by atoms with Gasteiger partial charge >= 0.3 is 6.03 Å². The molecule has 6 heteroatoms. The first kappa shape index (κ1) is 21.6. The molecule has 1 saturated carbocycles. The zero-order chi connectivity index (χ0) is 20.8. The number of carbonyl (C=O) groups excluding carboxylic acids is 2. The Kier molecular flexibility index (Phi) is 7.53. The molecule has 1 aromatic carbocycles. The van der Waals surface area contributed by atoms with Crippen LogP contribution in [0.2, 0.25) is 0 Å². The molecule has 1 atom stereocenters. The largest absolute Gasteiger partial charge is 0.340 e. The first-order chi connectivity index (χ1) is 14.0. The van der Waals surface area contributed by atoms with Gasteiger partial charge in [-0.15, -0.1) is 0 Å². The van der Waals surface area contributed by atoms with Crippen molar-refractivity contribution in [2.45, 2.75) is 58.2 Å². The van der Waals surface area contributed by atoms with Gasteiger partial charge in [-0.3, -0.25) is 9.69 Å². The second kappa shape index (κ2) is 10.1. The lowest BCUT2D eigenvalue weighted by atomic mass is 9.94. The van der Waals surface area contributed by atoms with Crippen LogP contribution in [-0.2, 0) is 11.3 Å². The summed E-state index contributed by atoms with van der Waals surface area (Å²) in [6, 6.07) is 10.3. The van der Waals surface area contributed by atoms with Crippen molar-refractivity contribution in [1.82, 2.24) is 20.0 Å². The molecule has 2 fully saturated rings. The van der Waals surface area contributed by atoms with Crippen molar-refractivity contribution in [3.8, 4) is 0 Å². The summed E-state index contributed by atoms with van der Waals surface area (Å²) >= 11 is 0. The molecule has 3 rings (SSSR count). The maximum Gasteiger partial charge on any atom is 0.317 e. The van der Waals surface area contributed by atoms with Crippen LogP contribution in [0.25, 0.3) is 0 Å². The molecule has 1 saturated heterocycles. The van der Waals surface area contributed by atoms with Crippen LogP contribution in [0.4, 0.5) is 4.79 Å². The molecule has 1 aromatic rings. The zero-order valence-electron chi connectivity index (χ0n) is 18.1. The number of nitrogens with zero attached hydrogens (tertiary/aromatic N) is 3. The van der Waals surface area contributed by atoms with Crippen LogP contribution < -0.4 is 5.32 Å². The molecule has 1 aliphatic heterocycles. The molecule has 1 N–H and O–H groups in total. The van der Waals surface area contributed by atoms with E-state index >= 15 is 0 Å². The molecular weight excluding hydrogens is 364 g/mol. The average Bonchev–Trinajstić information content (AvgIpc) is 3.23. The summed E-state index contributed by atoms with van der Waals surface area (Å²) in [5.74, 6) is 0.651. The number of piperazine rings is 1. The van der Waals surface area contributed by atoms with Crippen LogP contribution >= 0.6 is 0 Å². The topological polar surface area (TPSA) is 55.9 Å². The predicted molar refractivity (Wildman–Crippen MR) is 115 cm³/mol. The monoisotopic (exact) mass is 400 g/mol. The lowest BCUT2D eigenvalue weighted by Gasteiger charge is -2.42. The van der Waals surface area contributed by atoms with Gasteiger partial charge < -0.3 is 15.1 Å². The van der Waals surface area contributed by atoms with Crippen LogP contribution in [0.15, 0.2) is 30.3 Å². The first-order valence-corrected chi connectivity index (χ1v) is 11.0. The SMILES string of the molecule is CC(C)NC(=O)N1CCN(C(C(=O)N(C)Cc2ccccc2)C2CCCC2)CC1. The first-order valence-electron chi connectivity index (χ1n) is 11.0. The number of amides is 3. The van der Waals surface area contributed by atoms with Gasteiger partial charge in [0.1, 0.15) is 0 Å². The average molecular weight is 401 g/mol. The maximum atomic E-state index is 13.5. The number of urea groups is 1. The van der Waals surface area contributed by atoms with Gasteiger partial charge in [-0.25, -0.2) is 4.79 Å². The molecule has 6 nitrogen and oxygen atoms in total. The van der Waals surface area contributed by atoms with Gasteiger partial charge in [-0.05, 0) is 38.2 Å². The highest BCUT2D eigenvalue weighted by atomic mass is 16.2. The van der Waals surface area contributed by atoms with Gasteiger partial charge in [0.15, 0.2) is 0 Å². The van der Waals surface area contributed by atoms with Crippen molar-refractivity contribution in [1.29, 1.82) is 0 Å². The lowest BCUT2D eigenvalue weighted by molar-refractivity contribution is -0.139. The number of benzene rings is 1. The highest BCUT2D eigenvalue weighted by molar-refractivity contribution is 5.82. The minimum Gasteiger partial charge on any atom is -0.340 e. The Hall–Kier alpha value is -2.08. The molecule has 0 spiro atoms. The van der Waals surface area contributed by atoms with E-state index in [0.717, 1.165) is 31.5 Å². The van der Waals surface area contributed by atoms with E-state index in [0.29, 0.717) is 25.6 Å². The molecule has 0 bridgehead atoms. The van der Waals surface area contributed by atoms with Crippen molar-refractivity contribution < 1.29 is 9.59 Å². The van der Waals surface area contributed by atoms with Gasteiger partial charge in [-0.2, -0.15) is 0 Å². The van der Waals surface area contributed by atoms with E-state index in [9.17, 15) is 9.59 Å². The molecule has 0 radical (unpaired) electrons. The Balaban J connectivity index is 1.64. The van der Waals surface area contributed by atoms with E-state index in [1.807, 2.05) is 48.9 Å². The molecule has 1 unspecified atom stereocenters. The Bertz CT molecular complexity index is 665. The number of likely N-dealkylation sites (N-methyl/N-ethyl adjacent to an activating group) is 1. The maximum absolute atomic E-state index is 13.5. The van der Waals surface area contributed by atoms with E-state index in [-0.39, 0.29) is 24.0 Å². The van der Waals surface area contributed by atoms with Crippen LogP contribution in [0.5, 0.6) is 0 Å². The summed E-state index contributed by atoms with van der Waals surface area (Å²) in [5.41, 5.74) is 1.16. The third-order valence-electron chi connectivity index (χ3n) is 6.15. The van der Waals surface area contributed by atoms with Crippen LogP contribution in [-0.4, -0.2) is 71.9 Å². The molecule has 0 aromatic heterocycles. The fraction of sp³-hybridized carbons (Fsp3) is 0.652. The number of nitrogens with one attached hydrogen (secondary N) is 1. The minimum atomic E-state index is -0.0680. The van der Waals surface area contributed by atoms with Crippen molar-refractivity contribution in [3.63, 3.8) is 0 Å². The van der Waals surface area contributed by atoms with Crippen molar-refractivity contribution in [2.24, 2.45) is 5.92 Å². The van der Waals surface area contributed by atoms with Gasteiger partial charge in [0.25, 0.3) is 0 Å². The Morgan fingerprint density at radius 1 is 1.07 bits per heavy atom. The third kappa shape index (κ3) is 5.72. The molecule has 29 heavy (non-hydrogen) atoms. The van der Waals surface area contributed by atoms with Gasteiger partial charge in [0.2, 0.25) is 5.91 Å². The van der Waals surface area contributed by atoms with E-state index in [4.69, 9.17) is 0 Å². The Morgan fingerprint density at radius 3 is 2.28 bits per heavy atom. The summed E-state index contributed by atoms with van der Waals surface area (Å²) < 4.78 is 0. The van der Waals surface area contributed by atoms with Gasteiger partial charge in [-0.1, -0.05) is 43.2 Å². The van der Waals surface area contributed by atoms with Crippen LogP contribution in [0, 0.1) is 5.92 Å². The zero-order valence-corrected chi connectivity index (χ0v) is 18.1. The highest BCUT2D eigenvalue weighted by Crippen LogP contribution is 2.32. The molecule has 3 amide bonds. The molecule has 1 heterocycles. The summed E-state index contributed by atoms with van der Waals surface area (Å²) in [7, 11) is 1.92. The summed E-state index contributed by atoms with van der Waals surface area (Å²) in [4.78, 5) is 31.9. The number of hydrogen-bond acceptors (Lipinski definition) is 3. The number of hydrogen-bond donors (Lipinski definition) is 1. The molecule has 160 valence electrons. The summed E-state index contributed by atoms with van der Waals surface area (Å²) in [6.07, 6.45) is 4.69. The Labute approximate surface area is 175 Å². The van der Waals surface area contributed by atoms with E-state index < -0.39 is 0 Å². The molecular formula is C23H36N4O2. The normalized spacial score (nSPS) is 19.4. The van der Waals surface area contributed by atoms with E-state index in [2.05, 4.69) is 22.3 Å². The second-order valence-electron chi connectivity index (χ2n) is 8.80. The van der Waals surface area contributed by atoms with Crippen molar-refractivity contribution in [3.05, 3.63) is 35.9 Å². The highest BCUT2D eigenvalue weighted by Gasteiger charge is 2.38. The molecule has 2 aliphatic rings. The standard InChI is InChI=1S/C23H36N4O2/c1-18(2)24-23(29)27-15-13-26(14-16-27)21(20-11-7-8-12-20)22(28)25(3)17-19-9-5-4-6-10-19/h4-6,9-10,18,20-21H,7-8,11-17H2,1-3H3,(H,24,29). The van der Waals surface area contributed by atoms with Crippen molar-refractivity contribution >= 4 is 11.9 Å². The van der Waals surface area contributed by atoms with Crippen LogP contribution in [0.1, 0.15) is 45.1 Å². The quantitative estimate of drug-likeness (QED) is 0.799. The van der Waals surface area contributed by atoms with E-state index in [1.165, 1.54) is 12.8 Å². The lowest BCUT2D eigenvalue weighted by Crippen LogP contribution is -2.59. The smallest absolute Gasteiger partial charge is 0.317 e. The van der Waals surface area contributed by atoms with E-state index in [1.54, 1.807) is 0 Å². The summed E-state index contributed by atoms with van der Waals surface area (Å²) in [6.45, 7) is 7.47. The van der Waals surface area contributed by atoms with Crippen molar-refractivity contribution in [2.75, 3.05) is 33.2 Å². The predicted octanol–water partition coefficient (Wildman–Crippen LogP) is 2.94.